The van der Waals surface area contributed by atoms with Gasteiger partial charge < -0.3 is 4.74 Å². The van der Waals surface area contributed by atoms with Gasteiger partial charge in [0.1, 0.15) is 5.75 Å². The number of methoxy groups -OCH3 is 1. The van der Waals surface area contributed by atoms with Gasteiger partial charge in [-0.15, -0.1) is 0 Å². The molecule has 0 saturated carbocycles. The third kappa shape index (κ3) is 2.67. The van der Waals surface area contributed by atoms with Crippen molar-refractivity contribution in [3.05, 3.63) is 53.4 Å². The molecule has 6 heteroatoms. The van der Waals surface area contributed by atoms with Crippen LogP contribution in [0.1, 0.15) is 33.7 Å². The van der Waals surface area contributed by atoms with Crippen molar-refractivity contribution in [2.75, 3.05) is 7.11 Å². The minimum absolute atomic E-state index is 0.255. The number of rotatable bonds is 5. The van der Waals surface area contributed by atoms with E-state index in [-0.39, 0.29) is 5.91 Å². The van der Waals surface area contributed by atoms with E-state index in [0.717, 1.165) is 41.8 Å². The fourth-order valence-electron chi connectivity index (χ4n) is 2.56. The molecule has 3 N–H and O–H groups in total. The fraction of sp³-hybridized carbons (Fsp3) is 0.250. The second-order valence-electron chi connectivity index (χ2n) is 5.17. The minimum Gasteiger partial charge on any atom is -0.497 e. The predicted octanol–water partition coefficient (Wildman–Crippen LogP) is 1.81. The summed E-state index contributed by atoms with van der Waals surface area (Å²) >= 11 is 0. The maximum atomic E-state index is 12.2. The number of hydrazine groups is 1. The van der Waals surface area contributed by atoms with Crippen molar-refractivity contribution in [3.63, 3.8) is 0 Å². The van der Waals surface area contributed by atoms with Gasteiger partial charge in [0.2, 0.25) is 0 Å². The van der Waals surface area contributed by atoms with Crippen LogP contribution in [0, 0.1) is 0 Å². The molecule has 1 amide bonds. The van der Waals surface area contributed by atoms with E-state index < -0.39 is 0 Å². The maximum Gasteiger partial charge on any atom is 0.290 e. The zero-order valence-corrected chi connectivity index (χ0v) is 12.4. The first-order valence-corrected chi connectivity index (χ1v) is 7.15. The lowest BCUT2D eigenvalue weighted by atomic mass is 10.2. The zero-order chi connectivity index (χ0) is 15.5. The molecule has 0 aliphatic heterocycles. The second-order valence-corrected chi connectivity index (χ2v) is 5.17. The Morgan fingerprint density at radius 1 is 1.27 bits per heavy atom. The Kier molecular flexibility index (Phi) is 3.82. The number of fused-ring (bicyclic) bond motifs is 1. The Morgan fingerprint density at radius 2 is 2.05 bits per heavy atom. The lowest BCUT2D eigenvalue weighted by Crippen LogP contribution is -2.36. The molecule has 2 aromatic rings. The van der Waals surface area contributed by atoms with E-state index in [4.69, 9.17) is 4.74 Å². The molecule has 114 valence electrons. The van der Waals surface area contributed by atoms with Gasteiger partial charge >= 0.3 is 0 Å². The third-order valence-electron chi connectivity index (χ3n) is 3.79. The molecule has 0 atom stereocenters. The lowest BCUT2D eigenvalue weighted by molar-refractivity contribution is 0.0936. The van der Waals surface area contributed by atoms with Gasteiger partial charge in [0, 0.05) is 11.3 Å². The van der Waals surface area contributed by atoms with Gasteiger partial charge in [-0.2, -0.15) is 5.10 Å². The molecule has 0 unspecified atom stereocenters. The molecule has 0 saturated heterocycles. The second kappa shape index (κ2) is 5.93. The molecule has 6 nitrogen and oxygen atoms in total. The molecular weight excluding hydrogens is 280 g/mol. The first-order chi connectivity index (χ1) is 10.7. The highest BCUT2D eigenvalue weighted by Crippen LogP contribution is 2.22. The summed E-state index contributed by atoms with van der Waals surface area (Å²) in [6, 6.07) is 7.41. The summed E-state index contributed by atoms with van der Waals surface area (Å²) in [7, 11) is 1.62. The standard InChI is InChI=1S/C16H18N4O2/c1-10(11-6-8-12(22-2)9-7-11)17-20-16(21)15-13-4-3-5-14(13)18-19-15/h6-9,17H,1,3-5H2,2H3,(H,18,19)(H,20,21). The normalized spacial score (nSPS) is 12.6. The van der Waals surface area contributed by atoms with Gasteiger partial charge in [-0.25, -0.2) is 0 Å². The van der Waals surface area contributed by atoms with Crippen LogP contribution in [0.5, 0.6) is 5.75 Å². The number of hydrogen-bond donors (Lipinski definition) is 3. The molecule has 1 aromatic heterocycles. The van der Waals surface area contributed by atoms with E-state index in [9.17, 15) is 4.79 Å². The number of amides is 1. The number of H-pyrrole nitrogens is 1. The van der Waals surface area contributed by atoms with E-state index in [2.05, 4.69) is 27.6 Å². The van der Waals surface area contributed by atoms with E-state index in [1.165, 1.54) is 0 Å². The average molecular weight is 298 g/mol. The third-order valence-corrected chi connectivity index (χ3v) is 3.79. The number of benzene rings is 1. The molecule has 1 aliphatic rings. The van der Waals surface area contributed by atoms with Crippen LogP contribution in [0.2, 0.25) is 0 Å². The summed E-state index contributed by atoms with van der Waals surface area (Å²) in [5.74, 6) is 0.515. The Bertz CT molecular complexity index is 703. The van der Waals surface area contributed by atoms with Crippen LogP contribution >= 0.6 is 0 Å². The van der Waals surface area contributed by atoms with Crippen LogP contribution in [0.4, 0.5) is 0 Å². The van der Waals surface area contributed by atoms with Crippen molar-refractivity contribution < 1.29 is 9.53 Å². The summed E-state index contributed by atoms with van der Waals surface area (Å²) in [6.45, 7) is 3.91. The summed E-state index contributed by atoms with van der Waals surface area (Å²) in [4.78, 5) is 12.2. The molecule has 1 heterocycles. The average Bonchev–Trinajstić information content (AvgIpc) is 3.15. The highest BCUT2D eigenvalue weighted by molar-refractivity contribution is 5.94. The number of aryl methyl sites for hydroxylation is 1. The number of hydrogen-bond acceptors (Lipinski definition) is 4. The Morgan fingerprint density at radius 3 is 2.77 bits per heavy atom. The lowest BCUT2D eigenvalue weighted by Gasteiger charge is -2.11. The topological polar surface area (TPSA) is 79.0 Å². The van der Waals surface area contributed by atoms with Gasteiger partial charge in [0.05, 0.1) is 12.8 Å². The largest absolute Gasteiger partial charge is 0.497 e. The van der Waals surface area contributed by atoms with E-state index in [1.54, 1.807) is 7.11 Å². The quantitative estimate of drug-likeness (QED) is 0.736. The van der Waals surface area contributed by atoms with Crippen molar-refractivity contribution >= 4 is 11.6 Å². The molecule has 0 radical (unpaired) electrons. The van der Waals surface area contributed by atoms with Gasteiger partial charge in [-0.05, 0) is 49.1 Å². The van der Waals surface area contributed by atoms with Crippen LogP contribution in [-0.2, 0) is 12.8 Å². The van der Waals surface area contributed by atoms with Crippen molar-refractivity contribution in [2.45, 2.75) is 19.3 Å². The van der Waals surface area contributed by atoms with Crippen LogP contribution in [0.25, 0.3) is 5.70 Å². The van der Waals surface area contributed by atoms with Crippen LogP contribution < -0.4 is 15.6 Å². The van der Waals surface area contributed by atoms with Crippen molar-refractivity contribution in [2.24, 2.45) is 0 Å². The molecule has 0 bridgehead atoms. The fourth-order valence-corrected chi connectivity index (χ4v) is 2.56. The SMILES string of the molecule is C=C(NNC(=O)c1n[nH]c2c1CCC2)c1ccc(OC)cc1. The number of nitrogens with one attached hydrogen (secondary N) is 3. The summed E-state index contributed by atoms with van der Waals surface area (Å²) in [5, 5.41) is 7.01. The molecule has 0 fully saturated rings. The smallest absolute Gasteiger partial charge is 0.290 e. The minimum atomic E-state index is -0.255. The maximum absolute atomic E-state index is 12.2. The van der Waals surface area contributed by atoms with Crippen molar-refractivity contribution in [3.8, 4) is 5.75 Å². The zero-order valence-electron chi connectivity index (χ0n) is 12.4. The van der Waals surface area contributed by atoms with E-state index in [1.807, 2.05) is 24.3 Å². The summed E-state index contributed by atoms with van der Waals surface area (Å²) < 4.78 is 5.11. The number of aromatic amines is 1. The monoisotopic (exact) mass is 298 g/mol. The Balaban J connectivity index is 1.61. The van der Waals surface area contributed by atoms with Crippen LogP contribution in [-0.4, -0.2) is 23.2 Å². The van der Waals surface area contributed by atoms with Gasteiger partial charge in [0.25, 0.3) is 5.91 Å². The highest BCUT2D eigenvalue weighted by Gasteiger charge is 2.22. The van der Waals surface area contributed by atoms with E-state index in [0.29, 0.717) is 11.4 Å². The predicted molar refractivity (Wildman–Crippen MR) is 83.2 cm³/mol. The molecule has 0 spiro atoms. The summed E-state index contributed by atoms with van der Waals surface area (Å²) in [6.07, 6.45) is 2.92. The molecule has 1 aromatic carbocycles. The highest BCUT2D eigenvalue weighted by atomic mass is 16.5. The first-order valence-electron chi connectivity index (χ1n) is 7.15. The van der Waals surface area contributed by atoms with Gasteiger partial charge in [-0.3, -0.25) is 20.7 Å². The van der Waals surface area contributed by atoms with Crippen LogP contribution in [0.15, 0.2) is 30.8 Å². The Hall–Kier alpha value is -2.76. The van der Waals surface area contributed by atoms with Gasteiger partial charge in [-0.1, -0.05) is 6.58 Å². The number of aromatic nitrogens is 2. The molecular formula is C16H18N4O2. The van der Waals surface area contributed by atoms with Crippen molar-refractivity contribution in [1.29, 1.82) is 0 Å². The van der Waals surface area contributed by atoms with Crippen molar-refractivity contribution in [1.82, 2.24) is 21.0 Å². The number of ether oxygens (including phenoxy) is 1. The van der Waals surface area contributed by atoms with Gasteiger partial charge in [0.15, 0.2) is 5.69 Å². The number of carbonyl (C=O) groups is 1. The molecule has 3 rings (SSSR count). The summed E-state index contributed by atoms with van der Waals surface area (Å²) in [5.41, 5.74) is 9.49. The number of carbonyl (C=O) groups excluding carboxylic acids is 1. The molecule has 1 aliphatic carbocycles. The Labute approximate surface area is 128 Å². The number of nitrogens with zero attached hydrogens (tertiary/aromatic N) is 1. The molecule has 22 heavy (non-hydrogen) atoms. The van der Waals surface area contributed by atoms with E-state index >= 15 is 0 Å². The first kappa shape index (κ1) is 14.2. The van der Waals surface area contributed by atoms with Crippen LogP contribution in [0.3, 0.4) is 0 Å².